The van der Waals surface area contributed by atoms with Crippen LogP contribution in [0.2, 0.25) is 0 Å². The summed E-state index contributed by atoms with van der Waals surface area (Å²) in [6.45, 7) is 6.44. The fraction of sp³-hybridized carbons (Fsp3) is 0.667. The van der Waals surface area contributed by atoms with E-state index in [1.807, 2.05) is 6.92 Å². The van der Waals surface area contributed by atoms with Gasteiger partial charge in [-0.1, -0.05) is 5.57 Å². The van der Waals surface area contributed by atoms with E-state index >= 15 is 0 Å². The maximum absolute atomic E-state index is 11.2. The average molecular weight is 223 g/mol. The van der Waals surface area contributed by atoms with Gasteiger partial charge >= 0.3 is 0 Å². The summed E-state index contributed by atoms with van der Waals surface area (Å²) in [4.78, 5) is 15.5. The molecule has 0 aromatic rings. The molecule has 0 fully saturated rings. The van der Waals surface area contributed by atoms with E-state index in [0.29, 0.717) is 13.0 Å². The lowest BCUT2D eigenvalue weighted by Gasteiger charge is -2.11. The van der Waals surface area contributed by atoms with Crippen LogP contribution < -0.4 is 10.6 Å². The quantitative estimate of drug-likeness (QED) is 0.689. The number of amides is 1. The number of amidine groups is 1. The van der Waals surface area contributed by atoms with Gasteiger partial charge in [-0.25, -0.2) is 0 Å². The minimum Gasteiger partial charge on any atom is -0.370 e. The van der Waals surface area contributed by atoms with Crippen molar-refractivity contribution in [3.05, 3.63) is 11.6 Å². The molecule has 0 saturated carbocycles. The van der Waals surface area contributed by atoms with Crippen LogP contribution in [0.25, 0.3) is 0 Å². The zero-order chi connectivity index (χ0) is 11.8. The van der Waals surface area contributed by atoms with Crippen molar-refractivity contribution in [2.24, 2.45) is 4.99 Å². The van der Waals surface area contributed by atoms with Crippen LogP contribution in [0, 0.1) is 0 Å². The highest BCUT2D eigenvalue weighted by Gasteiger charge is 2.03. The van der Waals surface area contributed by atoms with E-state index in [1.165, 1.54) is 5.57 Å². The van der Waals surface area contributed by atoms with Crippen molar-refractivity contribution < 1.29 is 4.79 Å². The number of hydrogen-bond donors (Lipinski definition) is 2. The molecule has 1 rings (SSSR count). The van der Waals surface area contributed by atoms with Gasteiger partial charge in [-0.05, 0) is 32.8 Å². The van der Waals surface area contributed by atoms with E-state index < -0.39 is 0 Å². The van der Waals surface area contributed by atoms with E-state index in [1.54, 1.807) is 0 Å². The van der Waals surface area contributed by atoms with Crippen LogP contribution in [0.4, 0.5) is 0 Å². The first-order chi connectivity index (χ1) is 7.72. The highest BCUT2D eigenvalue weighted by Crippen LogP contribution is 2.05. The second-order valence-corrected chi connectivity index (χ2v) is 3.99. The molecular formula is C12H21N3O. The minimum atomic E-state index is 0.126. The molecule has 90 valence electrons. The van der Waals surface area contributed by atoms with Gasteiger partial charge in [0.05, 0.1) is 0 Å². The first-order valence-electron chi connectivity index (χ1n) is 5.94. The number of hydrogen-bond acceptors (Lipinski definition) is 3. The Bertz CT molecular complexity index is 295. The third-order valence-corrected chi connectivity index (χ3v) is 2.43. The largest absolute Gasteiger partial charge is 0.370 e. The van der Waals surface area contributed by atoms with Gasteiger partial charge in [-0.2, -0.15) is 0 Å². The van der Waals surface area contributed by atoms with E-state index in [0.717, 1.165) is 31.8 Å². The van der Waals surface area contributed by atoms with Gasteiger partial charge in [0.2, 0.25) is 5.91 Å². The molecule has 1 amide bonds. The molecule has 4 nitrogen and oxygen atoms in total. The van der Waals surface area contributed by atoms with Crippen LogP contribution in [0.3, 0.4) is 0 Å². The first kappa shape index (κ1) is 12.7. The molecule has 0 bridgehead atoms. The predicted molar refractivity (Wildman–Crippen MR) is 66.6 cm³/mol. The Kier molecular flexibility index (Phi) is 5.61. The number of aliphatic imine (C=N–C) groups is 1. The van der Waals surface area contributed by atoms with Gasteiger partial charge in [-0.3, -0.25) is 9.79 Å². The fourth-order valence-electron chi connectivity index (χ4n) is 1.56. The fourth-order valence-corrected chi connectivity index (χ4v) is 1.56. The van der Waals surface area contributed by atoms with E-state index in [2.05, 4.69) is 28.6 Å². The molecular weight excluding hydrogens is 202 g/mol. The topological polar surface area (TPSA) is 53.5 Å². The van der Waals surface area contributed by atoms with Gasteiger partial charge in [0, 0.05) is 26.1 Å². The standard InChI is InChI=1S/C12H21N3O/c1-3-13-12(16)5-4-7-14-11-9-10(2)6-8-15-11/h9H,3-8H2,1-2H3,(H,13,16)(H,14,15). The van der Waals surface area contributed by atoms with Crippen LogP contribution in [-0.4, -0.2) is 31.4 Å². The zero-order valence-corrected chi connectivity index (χ0v) is 10.2. The monoisotopic (exact) mass is 223 g/mol. The maximum atomic E-state index is 11.2. The number of nitrogens with zero attached hydrogens (tertiary/aromatic N) is 1. The van der Waals surface area contributed by atoms with E-state index in [4.69, 9.17) is 0 Å². The predicted octanol–water partition coefficient (Wildman–Crippen LogP) is 1.24. The summed E-state index contributed by atoms with van der Waals surface area (Å²) < 4.78 is 0. The third-order valence-electron chi connectivity index (χ3n) is 2.43. The molecule has 2 N–H and O–H groups in total. The van der Waals surface area contributed by atoms with Gasteiger partial charge in [0.25, 0.3) is 0 Å². The summed E-state index contributed by atoms with van der Waals surface area (Å²) in [5.74, 6) is 1.08. The van der Waals surface area contributed by atoms with Crippen molar-refractivity contribution in [1.29, 1.82) is 0 Å². The molecule has 0 aromatic carbocycles. The number of rotatable bonds is 5. The second-order valence-electron chi connectivity index (χ2n) is 3.99. The minimum absolute atomic E-state index is 0.126. The molecule has 0 atom stereocenters. The summed E-state index contributed by atoms with van der Waals surface area (Å²) in [5, 5.41) is 6.03. The highest BCUT2D eigenvalue weighted by atomic mass is 16.1. The van der Waals surface area contributed by atoms with Crippen molar-refractivity contribution in [3.8, 4) is 0 Å². The molecule has 0 unspecified atom stereocenters. The number of dihydropyridines is 1. The van der Waals surface area contributed by atoms with E-state index in [9.17, 15) is 4.79 Å². The van der Waals surface area contributed by atoms with E-state index in [-0.39, 0.29) is 5.91 Å². The average Bonchev–Trinajstić information content (AvgIpc) is 2.25. The maximum Gasteiger partial charge on any atom is 0.220 e. The highest BCUT2D eigenvalue weighted by molar-refractivity contribution is 5.94. The number of carbonyl (C=O) groups excluding carboxylic acids is 1. The SMILES string of the molecule is CCNC(=O)CCCNC1=NCCC(C)=C1. The van der Waals surface area contributed by atoms with Crippen molar-refractivity contribution in [1.82, 2.24) is 10.6 Å². The van der Waals surface area contributed by atoms with Crippen molar-refractivity contribution in [2.45, 2.75) is 33.1 Å². The van der Waals surface area contributed by atoms with Gasteiger partial charge in [0.15, 0.2) is 0 Å². The summed E-state index contributed by atoms with van der Waals surface area (Å²) in [5.41, 5.74) is 1.36. The molecule has 0 aromatic heterocycles. The lowest BCUT2D eigenvalue weighted by atomic mass is 10.1. The first-order valence-corrected chi connectivity index (χ1v) is 5.94. The Hall–Kier alpha value is -1.32. The number of carbonyl (C=O) groups is 1. The van der Waals surface area contributed by atoms with Crippen molar-refractivity contribution >= 4 is 11.7 Å². The molecule has 1 aliphatic heterocycles. The van der Waals surface area contributed by atoms with Crippen LogP contribution in [-0.2, 0) is 4.79 Å². The molecule has 0 spiro atoms. The lowest BCUT2D eigenvalue weighted by molar-refractivity contribution is -0.121. The molecule has 1 heterocycles. The normalized spacial score (nSPS) is 15.1. The Labute approximate surface area is 97.2 Å². The number of nitrogens with one attached hydrogen (secondary N) is 2. The Morgan fingerprint density at radius 3 is 3.06 bits per heavy atom. The van der Waals surface area contributed by atoms with Crippen LogP contribution in [0.15, 0.2) is 16.6 Å². The van der Waals surface area contributed by atoms with Crippen molar-refractivity contribution in [2.75, 3.05) is 19.6 Å². The summed E-state index contributed by atoms with van der Waals surface area (Å²) in [7, 11) is 0. The Morgan fingerprint density at radius 2 is 2.38 bits per heavy atom. The van der Waals surface area contributed by atoms with Crippen LogP contribution in [0.1, 0.15) is 33.1 Å². The molecule has 4 heteroatoms. The molecule has 0 saturated heterocycles. The summed E-state index contributed by atoms with van der Waals surface area (Å²) in [6, 6.07) is 0. The third kappa shape index (κ3) is 4.96. The molecule has 0 radical (unpaired) electrons. The van der Waals surface area contributed by atoms with Crippen LogP contribution >= 0.6 is 0 Å². The second kappa shape index (κ2) is 7.04. The van der Waals surface area contributed by atoms with Gasteiger partial charge < -0.3 is 10.6 Å². The van der Waals surface area contributed by atoms with Gasteiger partial charge in [0.1, 0.15) is 5.84 Å². The summed E-state index contributed by atoms with van der Waals surface area (Å²) >= 11 is 0. The Balaban J connectivity index is 2.12. The van der Waals surface area contributed by atoms with Crippen LogP contribution in [0.5, 0.6) is 0 Å². The summed E-state index contributed by atoms with van der Waals surface area (Å²) in [6.07, 6.45) is 4.56. The lowest BCUT2D eigenvalue weighted by Crippen LogP contribution is -2.27. The molecule has 1 aliphatic rings. The van der Waals surface area contributed by atoms with Gasteiger partial charge in [-0.15, -0.1) is 0 Å². The smallest absolute Gasteiger partial charge is 0.220 e. The molecule has 16 heavy (non-hydrogen) atoms. The zero-order valence-electron chi connectivity index (χ0n) is 10.2. The molecule has 0 aliphatic carbocycles. The van der Waals surface area contributed by atoms with Crippen molar-refractivity contribution in [3.63, 3.8) is 0 Å². The Morgan fingerprint density at radius 1 is 1.56 bits per heavy atom.